The van der Waals surface area contributed by atoms with E-state index in [1.54, 1.807) is 19.9 Å². The van der Waals surface area contributed by atoms with Crippen molar-refractivity contribution in [3.8, 4) is 0 Å². The zero-order valence-corrected chi connectivity index (χ0v) is 26.5. The van der Waals surface area contributed by atoms with Crippen LogP contribution in [0.4, 0.5) is 5.69 Å². The van der Waals surface area contributed by atoms with Crippen molar-refractivity contribution < 1.29 is 19.1 Å². The number of halogens is 1. The molecule has 3 fully saturated rings. The predicted octanol–water partition coefficient (Wildman–Crippen LogP) is 4.31. The molecule has 9 nitrogen and oxygen atoms in total. The van der Waals surface area contributed by atoms with Crippen molar-refractivity contribution in [3.63, 3.8) is 0 Å². The molecule has 0 spiro atoms. The van der Waals surface area contributed by atoms with Gasteiger partial charge in [-0.15, -0.1) is 0 Å². The molecular formula is C33H44ClN5O4. The van der Waals surface area contributed by atoms with Gasteiger partial charge in [0.05, 0.1) is 0 Å². The number of fused-ring (bicyclic) bond motifs is 2. The van der Waals surface area contributed by atoms with Crippen LogP contribution in [0.15, 0.2) is 30.5 Å². The first-order chi connectivity index (χ1) is 20.5. The minimum absolute atomic E-state index is 0.0620. The first-order valence-corrected chi connectivity index (χ1v) is 16.0. The van der Waals surface area contributed by atoms with E-state index in [0.29, 0.717) is 60.8 Å². The van der Waals surface area contributed by atoms with Gasteiger partial charge in [0.2, 0.25) is 17.5 Å². The lowest BCUT2D eigenvalue weighted by Crippen LogP contribution is -2.51. The molecule has 2 bridgehead atoms. The third-order valence-corrected chi connectivity index (χ3v) is 10.2. The maximum Gasteiger partial charge on any atom is 0.258 e. The van der Waals surface area contributed by atoms with Gasteiger partial charge < -0.3 is 20.3 Å². The number of aryl methyl sites for hydroxylation is 2. The summed E-state index contributed by atoms with van der Waals surface area (Å²) in [6, 6.07) is 8.38. The van der Waals surface area contributed by atoms with E-state index in [4.69, 9.17) is 11.6 Å². The first-order valence-electron chi connectivity index (χ1n) is 15.6. The summed E-state index contributed by atoms with van der Waals surface area (Å²) in [4.78, 5) is 45.1. The van der Waals surface area contributed by atoms with Gasteiger partial charge >= 0.3 is 0 Å². The highest BCUT2D eigenvalue weighted by Crippen LogP contribution is 2.36. The van der Waals surface area contributed by atoms with Crippen molar-refractivity contribution in [1.29, 1.82) is 0 Å². The molecule has 2 aromatic rings. The summed E-state index contributed by atoms with van der Waals surface area (Å²) in [7, 11) is 0. The average molecular weight is 610 g/mol. The summed E-state index contributed by atoms with van der Waals surface area (Å²) in [5, 5.41) is 15.9. The monoisotopic (exact) mass is 609 g/mol. The number of rotatable bonds is 8. The average Bonchev–Trinajstić information content (AvgIpc) is 3.21. The Morgan fingerprint density at radius 2 is 1.70 bits per heavy atom. The number of pyridine rings is 1. The third-order valence-electron chi connectivity index (χ3n) is 9.81. The van der Waals surface area contributed by atoms with Crippen LogP contribution >= 0.6 is 11.6 Å². The minimum atomic E-state index is -0.168. The molecule has 232 valence electrons. The Bertz CT molecular complexity index is 1360. The normalized spacial score (nSPS) is 22.4. The zero-order valence-electron chi connectivity index (χ0n) is 25.8. The van der Waals surface area contributed by atoms with Gasteiger partial charge in [0.15, 0.2) is 6.20 Å². The van der Waals surface area contributed by atoms with Gasteiger partial charge in [-0.3, -0.25) is 19.3 Å². The van der Waals surface area contributed by atoms with Crippen LogP contribution in [0.25, 0.3) is 0 Å². The van der Waals surface area contributed by atoms with E-state index in [1.165, 1.54) is 6.20 Å². The second kappa shape index (κ2) is 13.2. The van der Waals surface area contributed by atoms with Crippen LogP contribution in [0.1, 0.15) is 79.0 Å². The summed E-state index contributed by atoms with van der Waals surface area (Å²) >= 11 is 6.48. The van der Waals surface area contributed by atoms with E-state index < -0.39 is 0 Å². The fourth-order valence-corrected chi connectivity index (χ4v) is 7.49. The number of aromatic nitrogens is 1. The van der Waals surface area contributed by atoms with Crippen molar-refractivity contribution in [3.05, 3.63) is 63.1 Å². The fourth-order valence-electron chi connectivity index (χ4n) is 7.32. The quantitative estimate of drug-likeness (QED) is 0.355. The van der Waals surface area contributed by atoms with E-state index in [0.717, 1.165) is 60.2 Å². The van der Waals surface area contributed by atoms with Gasteiger partial charge in [-0.2, -0.15) is 4.73 Å². The van der Waals surface area contributed by atoms with Gasteiger partial charge in [-0.25, -0.2) is 0 Å². The fraction of sp³-hybridized carbons (Fsp3) is 0.576. The highest BCUT2D eigenvalue weighted by atomic mass is 35.5. The molecule has 5 rings (SSSR count). The van der Waals surface area contributed by atoms with Crippen LogP contribution in [-0.4, -0.2) is 71.8 Å². The largest absolute Gasteiger partial charge is 0.618 e. The highest BCUT2D eigenvalue weighted by Gasteiger charge is 2.41. The van der Waals surface area contributed by atoms with Crippen LogP contribution in [0.5, 0.6) is 0 Å². The van der Waals surface area contributed by atoms with E-state index >= 15 is 0 Å². The molecule has 3 amide bonds. The van der Waals surface area contributed by atoms with Gasteiger partial charge in [0.25, 0.3) is 5.91 Å². The maximum atomic E-state index is 13.8. The van der Waals surface area contributed by atoms with Crippen molar-refractivity contribution in [2.24, 2.45) is 5.92 Å². The topological polar surface area (TPSA) is 99.9 Å². The SMILES string of the molecule is CC(=O)N1CCC(C(=O)N(CCCN2C3CCC2CC(NC(=O)c2c(C)cc[n+]([O-])c2C)C3)c2ccc(C)c(Cl)c2)CC1. The lowest BCUT2D eigenvalue weighted by molar-refractivity contribution is -0.612. The maximum absolute atomic E-state index is 13.8. The molecule has 43 heavy (non-hydrogen) atoms. The number of anilines is 1. The van der Waals surface area contributed by atoms with Gasteiger partial charge in [-0.1, -0.05) is 17.7 Å². The molecule has 0 saturated carbocycles. The number of benzene rings is 1. The molecule has 3 aliphatic rings. The first kappa shape index (κ1) is 31.3. The van der Waals surface area contributed by atoms with Gasteiger partial charge in [0, 0.05) is 80.8 Å². The summed E-state index contributed by atoms with van der Waals surface area (Å²) < 4.78 is 0.752. The second-order valence-electron chi connectivity index (χ2n) is 12.6. The van der Waals surface area contributed by atoms with E-state index in [2.05, 4.69) is 10.2 Å². The number of hydrogen-bond donors (Lipinski definition) is 1. The Morgan fingerprint density at radius 3 is 2.33 bits per heavy atom. The van der Waals surface area contributed by atoms with Crippen LogP contribution in [0, 0.1) is 31.9 Å². The standard InChI is InChI=1S/C33H44ClN5O4/c1-21-6-7-29(20-30(21)34)38(33(42)25-11-15-36(16-12-25)24(4)40)14-5-13-37-27-8-9-28(37)19-26(18-27)35-32(41)31-22(2)10-17-39(43)23(31)3/h6-7,10,17,20,25-28H,5,8-9,11-16,18-19H2,1-4H3,(H,35,41). The molecule has 1 aromatic carbocycles. The molecule has 3 aliphatic heterocycles. The van der Waals surface area contributed by atoms with Gasteiger partial charge in [-0.05, 0) is 82.1 Å². The van der Waals surface area contributed by atoms with E-state index in [9.17, 15) is 19.6 Å². The minimum Gasteiger partial charge on any atom is -0.618 e. The van der Waals surface area contributed by atoms with Crippen LogP contribution in [0.2, 0.25) is 5.02 Å². The van der Waals surface area contributed by atoms with E-state index in [1.807, 2.05) is 41.8 Å². The zero-order chi connectivity index (χ0) is 30.8. The van der Waals surface area contributed by atoms with Crippen molar-refractivity contribution in [2.75, 3.05) is 31.1 Å². The third kappa shape index (κ3) is 6.83. The molecule has 2 unspecified atom stereocenters. The van der Waals surface area contributed by atoms with Crippen molar-refractivity contribution in [2.45, 2.75) is 90.8 Å². The highest BCUT2D eigenvalue weighted by molar-refractivity contribution is 6.31. The molecular weight excluding hydrogens is 566 g/mol. The molecule has 0 aliphatic carbocycles. The number of hydrogen-bond acceptors (Lipinski definition) is 5. The Hall–Kier alpha value is -3.17. The van der Waals surface area contributed by atoms with Crippen LogP contribution in [-0.2, 0) is 9.59 Å². The molecule has 0 radical (unpaired) electrons. The Morgan fingerprint density at radius 1 is 1.02 bits per heavy atom. The van der Waals surface area contributed by atoms with E-state index in [-0.39, 0.29) is 29.7 Å². The molecule has 2 atom stereocenters. The molecule has 1 aromatic heterocycles. The molecule has 3 saturated heterocycles. The number of likely N-dealkylation sites (tertiary alicyclic amines) is 1. The smallest absolute Gasteiger partial charge is 0.258 e. The number of carbonyl (C=O) groups excluding carboxylic acids is 3. The van der Waals surface area contributed by atoms with Crippen molar-refractivity contribution in [1.82, 2.24) is 15.1 Å². The van der Waals surface area contributed by atoms with Crippen molar-refractivity contribution >= 4 is 35.0 Å². The molecule has 10 heteroatoms. The number of carbonyl (C=O) groups is 3. The number of piperidine rings is 2. The summed E-state index contributed by atoms with van der Waals surface area (Å²) in [5.74, 6) is -0.109. The van der Waals surface area contributed by atoms with Crippen LogP contribution in [0.3, 0.4) is 0 Å². The van der Waals surface area contributed by atoms with Crippen LogP contribution < -0.4 is 14.9 Å². The predicted molar refractivity (Wildman–Crippen MR) is 167 cm³/mol. The Kier molecular flexibility index (Phi) is 9.61. The number of nitrogens with one attached hydrogen (secondary N) is 1. The second-order valence-corrected chi connectivity index (χ2v) is 13.0. The summed E-state index contributed by atoms with van der Waals surface area (Å²) in [6.45, 7) is 9.81. The lowest BCUT2D eigenvalue weighted by atomic mass is 9.94. The van der Waals surface area contributed by atoms with Gasteiger partial charge in [0.1, 0.15) is 5.56 Å². The summed E-state index contributed by atoms with van der Waals surface area (Å²) in [5.41, 5.74) is 3.51. The summed E-state index contributed by atoms with van der Waals surface area (Å²) in [6.07, 6.45) is 7.60. The number of amides is 3. The molecule has 4 heterocycles. The number of nitrogens with zero attached hydrogens (tertiary/aromatic N) is 4. The Balaban J connectivity index is 1.20. The Labute approximate surface area is 259 Å². The molecule has 1 N–H and O–H groups in total. The lowest BCUT2D eigenvalue weighted by Gasteiger charge is -2.40.